The number of nitrogens with two attached hydrogens (primary N) is 1. The second-order valence-electron chi connectivity index (χ2n) is 4.37. The van der Waals surface area contributed by atoms with Crippen molar-refractivity contribution in [2.45, 2.75) is 12.6 Å². The van der Waals surface area contributed by atoms with Crippen LogP contribution in [0, 0.1) is 0 Å². The van der Waals surface area contributed by atoms with Gasteiger partial charge in [0.25, 0.3) is 0 Å². The maximum Gasteiger partial charge on any atom is 0.192 e. The molecule has 5 nitrogen and oxygen atoms in total. The molecule has 18 heavy (non-hydrogen) atoms. The second-order valence-corrected chi connectivity index (χ2v) is 5.40. The van der Waals surface area contributed by atoms with E-state index in [2.05, 4.69) is 32.5 Å². The number of aryl methyl sites for hydroxylation is 1. The molecule has 0 amide bonds. The summed E-state index contributed by atoms with van der Waals surface area (Å²) < 4.78 is 1.81. The van der Waals surface area contributed by atoms with Crippen molar-refractivity contribution in [3.63, 3.8) is 0 Å². The van der Waals surface area contributed by atoms with Crippen molar-refractivity contribution >= 4 is 17.3 Å². The highest BCUT2D eigenvalue weighted by Crippen LogP contribution is 2.27. The van der Waals surface area contributed by atoms with Gasteiger partial charge in [0.2, 0.25) is 0 Å². The molecule has 6 heteroatoms. The van der Waals surface area contributed by atoms with Gasteiger partial charge in [0.15, 0.2) is 5.96 Å². The molecular formula is C12H15N5S. The normalized spacial score (nSPS) is 19.3. The molecule has 94 valence electrons. The van der Waals surface area contributed by atoms with E-state index in [1.165, 1.54) is 10.4 Å². The Hall–Kier alpha value is -1.82. The highest BCUT2D eigenvalue weighted by Gasteiger charge is 2.28. The molecule has 2 aromatic rings. The lowest BCUT2D eigenvalue weighted by molar-refractivity contribution is 0.343. The van der Waals surface area contributed by atoms with Crippen LogP contribution in [0.25, 0.3) is 0 Å². The van der Waals surface area contributed by atoms with Crippen LogP contribution in [-0.2, 0) is 13.6 Å². The number of nitrogens with zero attached hydrogens (tertiary/aromatic N) is 4. The van der Waals surface area contributed by atoms with E-state index in [1.54, 1.807) is 11.3 Å². The Balaban J connectivity index is 1.83. The summed E-state index contributed by atoms with van der Waals surface area (Å²) in [5.41, 5.74) is 7.15. The van der Waals surface area contributed by atoms with E-state index in [1.807, 2.05) is 24.1 Å². The van der Waals surface area contributed by atoms with E-state index >= 15 is 0 Å². The number of rotatable bonds is 3. The molecule has 2 N–H and O–H groups in total. The smallest absolute Gasteiger partial charge is 0.192 e. The van der Waals surface area contributed by atoms with Crippen molar-refractivity contribution in [1.82, 2.24) is 14.7 Å². The maximum atomic E-state index is 5.98. The summed E-state index contributed by atoms with van der Waals surface area (Å²) in [5, 5.41) is 6.30. The van der Waals surface area contributed by atoms with Crippen LogP contribution in [0.3, 0.4) is 0 Å². The van der Waals surface area contributed by atoms with Crippen molar-refractivity contribution in [2.24, 2.45) is 17.8 Å². The largest absolute Gasteiger partial charge is 0.370 e. The molecule has 0 fully saturated rings. The van der Waals surface area contributed by atoms with Gasteiger partial charge in [0.1, 0.15) is 0 Å². The zero-order valence-corrected chi connectivity index (χ0v) is 11.0. The number of aromatic nitrogens is 2. The molecule has 2 aromatic heterocycles. The van der Waals surface area contributed by atoms with Gasteiger partial charge in [-0.05, 0) is 11.4 Å². The van der Waals surface area contributed by atoms with Crippen LogP contribution < -0.4 is 5.73 Å². The third-order valence-corrected chi connectivity index (χ3v) is 3.97. The Bertz CT molecular complexity index is 557. The molecule has 0 radical (unpaired) electrons. The average Bonchev–Trinajstić information content (AvgIpc) is 3.04. The molecule has 0 aromatic carbocycles. The van der Waals surface area contributed by atoms with Crippen molar-refractivity contribution in [3.8, 4) is 0 Å². The second kappa shape index (κ2) is 4.45. The van der Waals surface area contributed by atoms with E-state index in [4.69, 9.17) is 5.73 Å². The SMILES string of the molecule is Cn1cc(C2CN=C(N)N2Cc2cccs2)cn1. The van der Waals surface area contributed by atoms with Crippen molar-refractivity contribution in [1.29, 1.82) is 0 Å². The van der Waals surface area contributed by atoms with Crippen molar-refractivity contribution in [2.75, 3.05) is 6.54 Å². The summed E-state index contributed by atoms with van der Waals surface area (Å²) >= 11 is 1.74. The third kappa shape index (κ3) is 1.99. The molecule has 3 rings (SSSR count). The minimum absolute atomic E-state index is 0.209. The highest BCUT2D eigenvalue weighted by atomic mass is 32.1. The molecule has 0 saturated heterocycles. The van der Waals surface area contributed by atoms with Gasteiger partial charge in [-0.15, -0.1) is 11.3 Å². The number of thiophene rings is 1. The monoisotopic (exact) mass is 261 g/mol. The summed E-state index contributed by atoms with van der Waals surface area (Å²) in [6, 6.07) is 4.39. The van der Waals surface area contributed by atoms with Crippen molar-refractivity contribution in [3.05, 3.63) is 40.3 Å². The summed E-state index contributed by atoms with van der Waals surface area (Å²) in [6.07, 6.45) is 3.92. The third-order valence-electron chi connectivity index (χ3n) is 3.11. The van der Waals surface area contributed by atoms with E-state index in [0.29, 0.717) is 12.5 Å². The van der Waals surface area contributed by atoms with Crippen LogP contribution in [0.1, 0.15) is 16.5 Å². The summed E-state index contributed by atoms with van der Waals surface area (Å²) in [5.74, 6) is 0.622. The quantitative estimate of drug-likeness (QED) is 0.907. The fraction of sp³-hybridized carbons (Fsp3) is 0.333. The maximum absolute atomic E-state index is 5.98. The van der Waals surface area contributed by atoms with Gasteiger partial charge < -0.3 is 10.6 Å². The lowest BCUT2D eigenvalue weighted by Gasteiger charge is -2.24. The first-order valence-corrected chi connectivity index (χ1v) is 6.69. The molecular weight excluding hydrogens is 246 g/mol. The van der Waals surface area contributed by atoms with E-state index < -0.39 is 0 Å². The van der Waals surface area contributed by atoms with Crippen LogP contribution in [0.15, 0.2) is 34.9 Å². The Morgan fingerprint density at radius 2 is 2.44 bits per heavy atom. The summed E-state index contributed by atoms with van der Waals surface area (Å²) in [6.45, 7) is 1.52. The van der Waals surface area contributed by atoms with Crippen LogP contribution in [-0.4, -0.2) is 27.2 Å². The van der Waals surface area contributed by atoms with Gasteiger partial charge in [-0.25, -0.2) is 0 Å². The number of hydrogen-bond acceptors (Lipinski definition) is 5. The summed E-state index contributed by atoms with van der Waals surface area (Å²) in [4.78, 5) is 7.79. The first kappa shape index (κ1) is 11.3. The van der Waals surface area contributed by atoms with E-state index in [9.17, 15) is 0 Å². The minimum atomic E-state index is 0.209. The zero-order chi connectivity index (χ0) is 12.5. The standard InChI is InChI=1S/C12H15N5S/c1-16-7-9(5-15-16)11-6-14-12(13)17(11)8-10-3-2-4-18-10/h2-5,7,11H,6,8H2,1H3,(H2,13,14). The van der Waals surface area contributed by atoms with E-state index in [-0.39, 0.29) is 6.04 Å². The zero-order valence-electron chi connectivity index (χ0n) is 10.2. The fourth-order valence-electron chi connectivity index (χ4n) is 2.19. The Labute approximate surface area is 110 Å². The van der Waals surface area contributed by atoms with Gasteiger partial charge in [0, 0.05) is 23.7 Å². The van der Waals surface area contributed by atoms with Crippen LogP contribution in [0.2, 0.25) is 0 Å². The van der Waals surface area contributed by atoms with Crippen LogP contribution >= 0.6 is 11.3 Å². The van der Waals surface area contributed by atoms with Crippen LogP contribution in [0.4, 0.5) is 0 Å². The minimum Gasteiger partial charge on any atom is -0.370 e. The predicted molar refractivity (Wildman–Crippen MR) is 72.3 cm³/mol. The number of guanidine groups is 1. The summed E-state index contributed by atoms with van der Waals surface area (Å²) in [7, 11) is 1.92. The molecule has 0 aliphatic carbocycles. The average molecular weight is 261 g/mol. The Morgan fingerprint density at radius 3 is 3.11 bits per heavy atom. The molecule has 1 aliphatic rings. The molecule has 3 heterocycles. The topological polar surface area (TPSA) is 59.4 Å². The molecule has 1 unspecified atom stereocenters. The van der Waals surface area contributed by atoms with Gasteiger partial charge >= 0.3 is 0 Å². The Morgan fingerprint density at radius 1 is 1.56 bits per heavy atom. The lowest BCUT2D eigenvalue weighted by Crippen LogP contribution is -2.35. The van der Waals surface area contributed by atoms with E-state index in [0.717, 1.165) is 6.54 Å². The van der Waals surface area contributed by atoms with Gasteiger partial charge in [-0.1, -0.05) is 6.07 Å². The van der Waals surface area contributed by atoms with Crippen LogP contribution in [0.5, 0.6) is 0 Å². The Kier molecular flexibility index (Phi) is 2.79. The van der Waals surface area contributed by atoms with Crippen molar-refractivity contribution < 1.29 is 0 Å². The predicted octanol–water partition coefficient (Wildman–Crippen LogP) is 1.35. The van der Waals surface area contributed by atoms with Gasteiger partial charge in [-0.3, -0.25) is 9.67 Å². The van der Waals surface area contributed by atoms with Gasteiger partial charge in [-0.2, -0.15) is 5.10 Å². The fourth-order valence-corrected chi connectivity index (χ4v) is 2.89. The molecule has 0 saturated carbocycles. The number of aliphatic imine (C=N–C) groups is 1. The first-order valence-electron chi connectivity index (χ1n) is 5.81. The number of hydrogen-bond donors (Lipinski definition) is 1. The lowest BCUT2D eigenvalue weighted by atomic mass is 10.1. The first-order chi connectivity index (χ1) is 8.74. The molecule has 0 bridgehead atoms. The molecule has 1 aliphatic heterocycles. The van der Waals surface area contributed by atoms with Gasteiger partial charge in [0.05, 0.1) is 25.3 Å². The highest BCUT2D eigenvalue weighted by molar-refractivity contribution is 7.09. The molecule has 0 spiro atoms. The molecule has 1 atom stereocenters.